The first kappa shape index (κ1) is 19.2. The van der Waals surface area contributed by atoms with Gasteiger partial charge in [0, 0.05) is 0 Å². The summed E-state index contributed by atoms with van der Waals surface area (Å²) in [5, 5.41) is 0. The van der Waals surface area contributed by atoms with Crippen LogP contribution in [0.2, 0.25) is 0 Å². The fourth-order valence-corrected chi connectivity index (χ4v) is 3.36. The van der Waals surface area contributed by atoms with Crippen LogP contribution in [-0.2, 0) is 10.0 Å². The lowest BCUT2D eigenvalue weighted by atomic mass is 10.1. The fraction of sp³-hybridized carbons (Fsp3) is 0.222. The summed E-state index contributed by atoms with van der Waals surface area (Å²) in [7, 11) is -4.26. The Balaban J connectivity index is 2.15. The molecule has 134 valence electrons. The Morgan fingerprint density at radius 2 is 1.64 bits per heavy atom. The zero-order valence-corrected chi connectivity index (χ0v) is 14.3. The molecule has 25 heavy (non-hydrogen) atoms. The first-order chi connectivity index (χ1) is 11.7. The number of nitrogens with one attached hydrogen (secondary N) is 1. The van der Waals surface area contributed by atoms with E-state index in [1.807, 2.05) is 0 Å². The molecule has 3 nitrogen and oxygen atoms in total. The predicted octanol–water partition coefficient (Wildman–Crippen LogP) is 4.31. The Labute approximate surface area is 145 Å². The van der Waals surface area contributed by atoms with Crippen LogP contribution in [0.1, 0.15) is 17.5 Å². The maximum absolute atomic E-state index is 13.2. The van der Waals surface area contributed by atoms with Gasteiger partial charge in [0.2, 0.25) is 10.0 Å². The second kappa shape index (κ2) is 7.84. The van der Waals surface area contributed by atoms with E-state index in [-0.39, 0.29) is 4.90 Å². The Morgan fingerprint density at radius 3 is 2.20 bits per heavy atom. The molecule has 0 aliphatic rings. The molecule has 2 aromatic carbocycles. The average Bonchev–Trinajstić information content (AvgIpc) is 2.54. The average molecular weight is 369 g/mol. The van der Waals surface area contributed by atoms with Crippen molar-refractivity contribution in [3.63, 3.8) is 0 Å². The van der Waals surface area contributed by atoms with Crippen molar-refractivity contribution in [1.82, 2.24) is 4.72 Å². The van der Waals surface area contributed by atoms with Crippen molar-refractivity contribution in [3.8, 4) is 0 Å². The molecule has 0 bridgehead atoms. The SMILES string of the molecule is Cc1ccc(S(=O)(=O)NC(C/C=C/c2ccccc2)C(F)(F)F)cc1. The minimum Gasteiger partial charge on any atom is -0.207 e. The number of hydrogen-bond donors (Lipinski definition) is 1. The van der Waals surface area contributed by atoms with Gasteiger partial charge >= 0.3 is 6.18 Å². The summed E-state index contributed by atoms with van der Waals surface area (Å²) in [5.41, 5.74) is 1.56. The Hall–Kier alpha value is -2.12. The number of alkyl halides is 3. The Bertz CT molecular complexity index is 814. The number of benzene rings is 2. The van der Waals surface area contributed by atoms with Crippen LogP contribution >= 0.6 is 0 Å². The number of halogens is 3. The van der Waals surface area contributed by atoms with E-state index in [4.69, 9.17) is 0 Å². The topological polar surface area (TPSA) is 46.2 Å². The highest BCUT2D eigenvalue weighted by Crippen LogP contribution is 2.25. The van der Waals surface area contributed by atoms with Crippen molar-refractivity contribution >= 4 is 16.1 Å². The highest BCUT2D eigenvalue weighted by atomic mass is 32.2. The molecule has 0 fully saturated rings. The van der Waals surface area contributed by atoms with Gasteiger partial charge in [-0.3, -0.25) is 0 Å². The quantitative estimate of drug-likeness (QED) is 0.825. The molecule has 7 heteroatoms. The van der Waals surface area contributed by atoms with E-state index in [2.05, 4.69) is 0 Å². The minimum absolute atomic E-state index is 0.195. The summed E-state index contributed by atoms with van der Waals surface area (Å²) < 4.78 is 65.7. The van der Waals surface area contributed by atoms with Gasteiger partial charge in [-0.15, -0.1) is 0 Å². The second-order valence-electron chi connectivity index (χ2n) is 5.58. The molecule has 0 aliphatic heterocycles. The molecule has 0 saturated carbocycles. The molecule has 0 aromatic heterocycles. The monoisotopic (exact) mass is 369 g/mol. The van der Waals surface area contributed by atoms with E-state index in [0.29, 0.717) is 0 Å². The molecule has 1 atom stereocenters. The molecule has 0 radical (unpaired) electrons. The third-order valence-electron chi connectivity index (χ3n) is 3.51. The third-order valence-corrected chi connectivity index (χ3v) is 4.99. The molecular formula is C18H18F3NO2S. The van der Waals surface area contributed by atoms with Gasteiger partial charge < -0.3 is 0 Å². The number of aryl methyl sites for hydroxylation is 1. The normalized spacial score (nSPS) is 13.9. The predicted molar refractivity (Wildman–Crippen MR) is 91.4 cm³/mol. The van der Waals surface area contributed by atoms with E-state index >= 15 is 0 Å². The molecule has 0 spiro atoms. The summed E-state index contributed by atoms with van der Waals surface area (Å²) in [4.78, 5) is -0.195. The Kier molecular flexibility index (Phi) is 6.02. The van der Waals surface area contributed by atoms with Gasteiger partial charge in [0.05, 0.1) is 4.90 Å². The van der Waals surface area contributed by atoms with E-state index in [0.717, 1.165) is 11.1 Å². The molecule has 2 rings (SSSR count). The zero-order chi connectivity index (χ0) is 18.5. The molecule has 2 aromatic rings. The molecule has 0 amide bonds. The number of hydrogen-bond acceptors (Lipinski definition) is 2. The van der Waals surface area contributed by atoms with Crippen LogP contribution in [0.25, 0.3) is 6.08 Å². The largest absolute Gasteiger partial charge is 0.405 e. The number of rotatable bonds is 6. The lowest BCUT2D eigenvalue weighted by molar-refractivity contribution is -0.150. The van der Waals surface area contributed by atoms with E-state index < -0.39 is 28.7 Å². The van der Waals surface area contributed by atoms with Crippen molar-refractivity contribution in [1.29, 1.82) is 0 Å². The Morgan fingerprint density at radius 1 is 1.04 bits per heavy atom. The third kappa shape index (κ3) is 5.72. The molecule has 1 unspecified atom stereocenters. The van der Waals surface area contributed by atoms with Crippen molar-refractivity contribution in [2.45, 2.75) is 30.5 Å². The van der Waals surface area contributed by atoms with Crippen molar-refractivity contribution in [3.05, 3.63) is 71.8 Å². The van der Waals surface area contributed by atoms with Crippen LogP contribution in [-0.4, -0.2) is 20.6 Å². The van der Waals surface area contributed by atoms with Crippen LogP contribution < -0.4 is 4.72 Å². The van der Waals surface area contributed by atoms with E-state index in [9.17, 15) is 21.6 Å². The first-order valence-corrected chi connectivity index (χ1v) is 9.04. The molecule has 1 N–H and O–H groups in total. The maximum atomic E-state index is 13.2. The van der Waals surface area contributed by atoms with Gasteiger partial charge in [0.25, 0.3) is 0 Å². The van der Waals surface area contributed by atoms with Crippen molar-refractivity contribution < 1.29 is 21.6 Å². The van der Waals surface area contributed by atoms with Gasteiger partial charge in [-0.2, -0.15) is 17.9 Å². The van der Waals surface area contributed by atoms with Gasteiger partial charge in [-0.05, 0) is 31.0 Å². The lowest BCUT2D eigenvalue weighted by Gasteiger charge is -2.20. The van der Waals surface area contributed by atoms with E-state index in [1.165, 1.54) is 36.4 Å². The second-order valence-corrected chi connectivity index (χ2v) is 7.29. The summed E-state index contributed by atoms with van der Waals surface area (Å²) in [6, 6.07) is 12.3. The van der Waals surface area contributed by atoms with Crippen LogP contribution in [0.5, 0.6) is 0 Å². The van der Waals surface area contributed by atoms with Gasteiger partial charge in [0.1, 0.15) is 6.04 Å². The van der Waals surface area contributed by atoms with Gasteiger partial charge in [0.15, 0.2) is 0 Å². The van der Waals surface area contributed by atoms with Crippen molar-refractivity contribution in [2.75, 3.05) is 0 Å². The van der Waals surface area contributed by atoms with Crippen LogP contribution in [0.15, 0.2) is 65.6 Å². The molecular weight excluding hydrogens is 351 g/mol. The summed E-state index contributed by atoms with van der Waals surface area (Å²) in [6.07, 6.45) is -2.35. The summed E-state index contributed by atoms with van der Waals surface area (Å²) in [6.45, 7) is 1.76. The van der Waals surface area contributed by atoms with Gasteiger partial charge in [-0.1, -0.05) is 60.2 Å². The number of sulfonamides is 1. The minimum atomic E-state index is -4.70. The maximum Gasteiger partial charge on any atom is 0.405 e. The molecule has 0 aliphatic carbocycles. The van der Waals surface area contributed by atoms with Crippen molar-refractivity contribution in [2.24, 2.45) is 0 Å². The lowest BCUT2D eigenvalue weighted by Crippen LogP contribution is -2.44. The fourth-order valence-electron chi connectivity index (χ4n) is 2.13. The molecule has 0 heterocycles. The van der Waals surface area contributed by atoms with Crippen LogP contribution in [0, 0.1) is 6.92 Å². The highest BCUT2D eigenvalue weighted by molar-refractivity contribution is 7.89. The van der Waals surface area contributed by atoms with Crippen LogP contribution in [0.4, 0.5) is 13.2 Å². The van der Waals surface area contributed by atoms with Gasteiger partial charge in [-0.25, -0.2) is 8.42 Å². The summed E-state index contributed by atoms with van der Waals surface area (Å²) >= 11 is 0. The zero-order valence-electron chi connectivity index (χ0n) is 13.5. The smallest absolute Gasteiger partial charge is 0.207 e. The highest BCUT2D eigenvalue weighted by Gasteiger charge is 2.41. The summed E-state index contributed by atoms with van der Waals surface area (Å²) in [5.74, 6) is 0. The standard InChI is InChI=1S/C18H18F3NO2S/c1-14-10-12-16(13-11-14)25(23,24)22-17(18(19,20)21)9-5-8-15-6-3-2-4-7-15/h2-8,10-13,17,22H,9H2,1H3/b8-5+. The van der Waals surface area contributed by atoms with E-state index in [1.54, 1.807) is 42.0 Å². The first-order valence-electron chi connectivity index (χ1n) is 7.56. The van der Waals surface area contributed by atoms with Crippen LogP contribution in [0.3, 0.4) is 0 Å². The molecule has 0 saturated heterocycles.